The van der Waals surface area contributed by atoms with Crippen molar-refractivity contribution in [2.75, 3.05) is 4.90 Å². The normalized spacial score (nSPS) is 15.1. The molecule has 0 N–H and O–H groups in total. The molecular weight excluding hydrogens is 441 g/mol. The average Bonchev–Trinajstić information content (AvgIpc) is 3.01. The fourth-order valence-corrected chi connectivity index (χ4v) is 4.40. The molecule has 2 amide bonds. The van der Waals surface area contributed by atoms with Crippen molar-refractivity contribution in [1.82, 2.24) is 0 Å². The number of ether oxygens (including phenoxy) is 1. The first kappa shape index (κ1) is 20.5. The number of imide groups is 1. The molecule has 0 unspecified atom stereocenters. The number of nitrogens with zero attached hydrogens (tertiary/aromatic N) is 1. The monoisotopic (exact) mass is 455 g/mol. The minimum atomic E-state index is -0.382. The van der Waals surface area contributed by atoms with E-state index in [-0.39, 0.29) is 11.1 Å². The van der Waals surface area contributed by atoms with Gasteiger partial charge in [-0.25, -0.2) is 4.90 Å². The zero-order valence-corrected chi connectivity index (χ0v) is 17.9. The smallest absolute Gasteiger partial charge is 0.298 e. The number of rotatable bonds is 5. The van der Waals surface area contributed by atoms with Gasteiger partial charge in [-0.3, -0.25) is 9.59 Å². The molecule has 3 aromatic carbocycles. The van der Waals surface area contributed by atoms with E-state index in [0.29, 0.717) is 38.6 Å². The molecule has 150 valence electrons. The Balaban J connectivity index is 1.55. The molecule has 0 spiro atoms. The minimum Gasteiger partial charge on any atom is -0.486 e. The number of carbonyl (C=O) groups is 2. The highest BCUT2D eigenvalue weighted by molar-refractivity contribution is 8.19. The molecule has 1 aliphatic heterocycles. The summed E-state index contributed by atoms with van der Waals surface area (Å²) in [6.07, 6.45) is 1.60. The molecule has 30 heavy (non-hydrogen) atoms. The summed E-state index contributed by atoms with van der Waals surface area (Å²) in [6.45, 7) is 0.329. The van der Waals surface area contributed by atoms with Crippen molar-refractivity contribution in [1.29, 1.82) is 0 Å². The molecule has 1 aliphatic rings. The minimum absolute atomic E-state index is 0.300. The van der Waals surface area contributed by atoms with Crippen molar-refractivity contribution in [2.24, 2.45) is 0 Å². The van der Waals surface area contributed by atoms with Crippen LogP contribution in [0.15, 0.2) is 77.7 Å². The third-order valence-electron chi connectivity index (χ3n) is 4.35. The van der Waals surface area contributed by atoms with Crippen LogP contribution in [0.25, 0.3) is 6.08 Å². The first-order valence-electron chi connectivity index (χ1n) is 9.02. The van der Waals surface area contributed by atoms with E-state index in [1.54, 1.807) is 42.5 Å². The summed E-state index contributed by atoms with van der Waals surface area (Å²) in [5, 5.41) is 0.302. The summed E-state index contributed by atoms with van der Waals surface area (Å²) >= 11 is 13.6. The molecule has 0 aliphatic carbocycles. The second-order valence-corrected chi connectivity index (χ2v) is 8.25. The van der Waals surface area contributed by atoms with Gasteiger partial charge in [0.25, 0.3) is 11.1 Å². The maximum atomic E-state index is 12.7. The zero-order valence-electron chi connectivity index (χ0n) is 15.5. The van der Waals surface area contributed by atoms with Gasteiger partial charge in [-0.2, -0.15) is 0 Å². The van der Waals surface area contributed by atoms with Gasteiger partial charge in [0.2, 0.25) is 0 Å². The van der Waals surface area contributed by atoms with Crippen LogP contribution in [0, 0.1) is 0 Å². The fraction of sp³-hybridized carbons (Fsp3) is 0.0435. The summed E-state index contributed by atoms with van der Waals surface area (Å²) < 4.78 is 5.77. The van der Waals surface area contributed by atoms with Crippen molar-refractivity contribution in [2.45, 2.75) is 6.61 Å². The third kappa shape index (κ3) is 4.38. The molecule has 0 aromatic heterocycles. The Morgan fingerprint density at radius 2 is 1.50 bits per heavy atom. The van der Waals surface area contributed by atoms with E-state index in [9.17, 15) is 9.59 Å². The van der Waals surface area contributed by atoms with Crippen LogP contribution in [0.4, 0.5) is 10.5 Å². The predicted octanol–water partition coefficient (Wildman–Crippen LogP) is 6.81. The number of halogens is 2. The molecule has 0 radical (unpaired) electrons. The highest BCUT2D eigenvalue weighted by Gasteiger charge is 2.36. The Hall–Kier alpha value is -2.73. The summed E-state index contributed by atoms with van der Waals surface area (Å²) in [5.41, 5.74) is 2.13. The summed E-state index contributed by atoms with van der Waals surface area (Å²) in [4.78, 5) is 26.5. The largest absolute Gasteiger partial charge is 0.486 e. The van der Waals surface area contributed by atoms with E-state index in [1.165, 1.54) is 0 Å². The molecule has 4 nitrogen and oxygen atoms in total. The highest BCUT2D eigenvalue weighted by atomic mass is 35.5. The first-order chi connectivity index (χ1) is 14.5. The molecule has 0 bridgehead atoms. The molecule has 0 atom stereocenters. The van der Waals surface area contributed by atoms with Crippen molar-refractivity contribution in [3.05, 3.63) is 98.9 Å². The lowest BCUT2D eigenvalue weighted by molar-refractivity contribution is -0.113. The summed E-state index contributed by atoms with van der Waals surface area (Å²) in [7, 11) is 0. The number of anilines is 1. The standard InChI is InChI=1S/C23H15Cl2NO3S/c24-18-11-16(12-19(25)21(18)29-14-15-7-3-1-4-8-15)13-20-22(27)26(23(28)30-20)17-9-5-2-6-10-17/h1-13H,14H2/b20-13-. The Labute approximate surface area is 188 Å². The van der Waals surface area contributed by atoms with Crippen LogP contribution in [0.3, 0.4) is 0 Å². The van der Waals surface area contributed by atoms with E-state index >= 15 is 0 Å². The van der Waals surface area contributed by atoms with Gasteiger partial charge in [0.15, 0.2) is 5.75 Å². The van der Waals surface area contributed by atoms with Crippen molar-refractivity contribution < 1.29 is 14.3 Å². The highest BCUT2D eigenvalue weighted by Crippen LogP contribution is 2.39. The summed E-state index contributed by atoms with van der Waals surface area (Å²) in [5.74, 6) is -0.00965. The molecule has 4 rings (SSSR count). The number of thioether (sulfide) groups is 1. The number of para-hydroxylation sites is 1. The third-order valence-corrected chi connectivity index (χ3v) is 5.78. The number of amides is 2. The average molecular weight is 456 g/mol. The number of carbonyl (C=O) groups excluding carboxylic acids is 2. The van der Waals surface area contributed by atoms with E-state index in [2.05, 4.69) is 0 Å². The molecular formula is C23H15Cl2NO3S. The van der Waals surface area contributed by atoms with E-state index in [0.717, 1.165) is 22.2 Å². The molecule has 1 fully saturated rings. The van der Waals surface area contributed by atoms with Gasteiger partial charge >= 0.3 is 0 Å². The zero-order chi connectivity index (χ0) is 21.1. The molecule has 1 heterocycles. The lowest BCUT2D eigenvalue weighted by Gasteiger charge is -2.12. The lowest BCUT2D eigenvalue weighted by Crippen LogP contribution is -2.27. The van der Waals surface area contributed by atoms with Crippen LogP contribution in [0.1, 0.15) is 11.1 Å². The maximum Gasteiger partial charge on any atom is 0.298 e. The number of hydrogen-bond donors (Lipinski definition) is 0. The quantitative estimate of drug-likeness (QED) is 0.396. The fourth-order valence-electron chi connectivity index (χ4n) is 2.95. The predicted molar refractivity (Wildman–Crippen MR) is 122 cm³/mol. The van der Waals surface area contributed by atoms with E-state index < -0.39 is 0 Å². The maximum absolute atomic E-state index is 12.7. The van der Waals surface area contributed by atoms with E-state index in [4.69, 9.17) is 27.9 Å². The summed E-state index contributed by atoms with van der Waals surface area (Å²) in [6, 6.07) is 21.8. The molecule has 7 heteroatoms. The van der Waals surface area contributed by atoms with Gasteiger partial charge in [-0.15, -0.1) is 0 Å². The van der Waals surface area contributed by atoms with Gasteiger partial charge in [0.1, 0.15) is 6.61 Å². The van der Waals surface area contributed by atoms with Gasteiger partial charge in [0, 0.05) is 0 Å². The van der Waals surface area contributed by atoms with Crippen molar-refractivity contribution in [3.63, 3.8) is 0 Å². The van der Waals surface area contributed by atoms with Crippen LogP contribution in [0.2, 0.25) is 10.0 Å². The topological polar surface area (TPSA) is 46.6 Å². The van der Waals surface area contributed by atoms with Crippen LogP contribution >= 0.6 is 35.0 Å². The van der Waals surface area contributed by atoms with Crippen LogP contribution in [0.5, 0.6) is 5.75 Å². The first-order valence-corrected chi connectivity index (χ1v) is 10.6. The molecule has 1 saturated heterocycles. The van der Waals surface area contributed by atoms with Gasteiger partial charge in [-0.05, 0) is 53.2 Å². The van der Waals surface area contributed by atoms with E-state index in [1.807, 2.05) is 36.4 Å². The van der Waals surface area contributed by atoms with Gasteiger partial charge < -0.3 is 4.74 Å². The molecule has 0 saturated carbocycles. The number of benzene rings is 3. The number of hydrogen-bond acceptors (Lipinski definition) is 4. The second kappa shape index (κ2) is 8.96. The van der Waals surface area contributed by atoms with Crippen LogP contribution in [-0.2, 0) is 11.4 Å². The van der Waals surface area contributed by atoms with Crippen molar-refractivity contribution in [3.8, 4) is 5.75 Å². The SMILES string of the molecule is O=C1S/C(=C\c2cc(Cl)c(OCc3ccccc3)c(Cl)c2)C(=O)N1c1ccccc1. The van der Waals surface area contributed by atoms with Gasteiger partial charge in [0.05, 0.1) is 20.6 Å². The molecule has 3 aromatic rings. The Bertz CT molecular complexity index is 1110. The Morgan fingerprint density at radius 1 is 0.900 bits per heavy atom. The van der Waals surface area contributed by atoms with Gasteiger partial charge in [-0.1, -0.05) is 71.7 Å². The lowest BCUT2D eigenvalue weighted by atomic mass is 10.2. The van der Waals surface area contributed by atoms with Crippen molar-refractivity contribution >= 4 is 57.9 Å². The van der Waals surface area contributed by atoms with Crippen LogP contribution in [-0.4, -0.2) is 11.1 Å². The Morgan fingerprint density at radius 3 is 2.13 bits per heavy atom. The van der Waals surface area contributed by atoms with Crippen LogP contribution < -0.4 is 9.64 Å². The Kier molecular flexibility index (Phi) is 6.13. The second-order valence-electron chi connectivity index (χ2n) is 6.44.